The van der Waals surface area contributed by atoms with Crippen molar-refractivity contribution in [1.82, 2.24) is 15.5 Å². The van der Waals surface area contributed by atoms with Crippen LogP contribution < -0.4 is 20.1 Å². The Balaban J connectivity index is 1.57. The molecule has 0 spiro atoms. The van der Waals surface area contributed by atoms with Crippen molar-refractivity contribution in [2.45, 2.75) is 26.2 Å². The quantitative estimate of drug-likeness (QED) is 0.372. The summed E-state index contributed by atoms with van der Waals surface area (Å²) in [5.41, 5.74) is 3.52. The number of furan rings is 1. The summed E-state index contributed by atoms with van der Waals surface area (Å²) in [5, 5.41) is 6.76. The van der Waals surface area contributed by atoms with Gasteiger partial charge in [0.2, 0.25) is 0 Å². The fourth-order valence-corrected chi connectivity index (χ4v) is 3.48. The molecule has 0 saturated carbocycles. The van der Waals surface area contributed by atoms with Crippen LogP contribution in [0, 0.1) is 0 Å². The average Bonchev–Trinajstić information content (AvgIpc) is 3.33. The zero-order valence-corrected chi connectivity index (χ0v) is 19.2. The molecule has 0 radical (unpaired) electrons. The van der Waals surface area contributed by atoms with Gasteiger partial charge in [-0.15, -0.1) is 0 Å². The molecule has 2 aromatic carbocycles. The van der Waals surface area contributed by atoms with Crippen molar-refractivity contribution < 1.29 is 13.9 Å². The molecule has 0 atom stereocenters. The van der Waals surface area contributed by atoms with Gasteiger partial charge in [0.1, 0.15) is 17.3 Å². The van der Waals surface area contributed by atoms with Gasteiger partial charge in [0.25, 0.3) is 0 Å². The van der Waals surface area contributed by atoms with Crippen LogP contribution in [0.1, 0.15) is 22.5 Å². The van der Waals surface area contributed by atoms with E-state index in [2.05, 4.69) is 51.8 Å². The lowest BCUT2D eigenvalue weighted by Crippen LogP contribution is -2.36. The summed E-state index contributed by atoms with van der Waals surface area (Å²) < 4.78 is 16.2. The number of hydrogen-bond donors (Lipinski definition) is 2. The van der Waals surface area contributed by atoms with Crippen LogP contribution in [0.15, 0.2) is 70.3 Å². The molecule has 7 nitrogen and oxygen atoms in total. The van der Waals surface area contributed by atoms with Gasteiger partial charge in [-0.05, 0) is 42.4 Å². The number of guanidine groups is 1. The number of aliphatic imine (C=N–C) groups is 1. The molecule has 0 aliphatic rings. The van der Waals surface area contributed by atoms with E-state index < -0.39 is 0 Å². The van der Waals surface area contributed by atoms with E-state index in [1.807, 2.05) is 30.3 Å². The number of ether oxygens (including phenoxy) is 2. The Morgan fingerprint density at radius 3 is 2.31 bits per heavy atom. The van der Waals surface area contributed by atoms with Crippen molar-refractivity contribution in [3.8, 4) is 11.5 Å². The first kappa shape index (κ1) is 23.2. The topological polar surface area (TPSA) is 71.3 Å². The molecule has 0 fully saturated rings. The molecule has 0 bridgehead atoms. The van der Waals surface area contributed by atoms with E-state index in [9.17, 15) is 0 Å². The number of nitrogens with zero attached hydrogens (tertiary/aromatic N) is 2. The second kappa shape index (κ2) is 11.8. The second-order valence-electron chi connectivity index (χ2n) is 7.48. The van der Waals surface area contributed by atoms with Crippen LogP contribution in [0.4, 0.5) is 0 Å². The Bertz CT molecular complexity index is 1000. The molecule has 1 heterocycles. The number of hydrogen-bond acceptors (Lipinski definition) is 5. The van der Waals surface area contributed by atoms with Crippen LogP contribution in [0.2, 0.25) is 0 Å². The smallest absolute Gasteiger partial charge is 0.191 e. The van der Waals surface area contributed by atoms with Crippen LogP contribution in [0.5, 0.6) is 11.5 Å². The first-order chi connectivity index (χ1) is 15.6. The minimum atomic E-state index is 0.584. The minimum absolute atomic E-state index is 0.584. The Morgan fingerprint density at radius 2 is 1.66 bits per heavy atom. The standard InChI is InChI=1S/C25H32N4O3/c1-26-25(28-16-20-11-12-22(30-3)14-24(20)31-4)27-15-19-8-5-6-9-21(19)17-29(2)18-23-10-7-13-32-23/h5-14H,15-18H2,1-4H3,(H2,26,27,28). The minimum Gasteiger partial charge on any atom is -0.497 e. The Hall–Kier alpha value is -3.45. The maximum absolute atomic E-state index is 5.48. The summed E-state index contributed by atoms with van der Waals surface area (Å²) in [7, 11) is 7.16. The van der Waals surface area contributed by atoms with Gasteiger partial charge in [-0.3, -0.25) is 9.89 Å². The summed E-state index contributed by atoms with van der Waals surface area (Å²) in [6.45, 7) is 2.85. The molecule has 0 unspecified atom stereocenters. The van der Waals surface area contributed by atoms with Crippen molar-refractivity contribution in [3.05, 3.63) is 83.3 Å². The predicted molar refractivity (Wildman–Crippen MR) is 127 cm³/mol. The Labute approximate surface area is 190 Å². The van der Waals surface area contributed by atoms with Crippen LogP contribution in [0.3, 0.4) is 0 Å². The largest absolute Gasteiger partial charge is 0.497 e. The monoisotopic (exact) mass is 436 g/mol. The molecule has 2 N–H and O–H groups in total. The highest BCUT2D eigenvalue weighted by atomic mass is 16.5. The van der Waals surface area contributed by atoms with E-state index >= 15 is 0 Å². The molecule has 7 heteroatoms. The zero-order chi connectivity index (χ0) is 22.8. The molecule has 0 saturated heterocycles. The summed E-state index contributed by atoms with van der Waals surface area (Å²) >= 11 is 0. The van der Waals surface area contributed by atoms with Crippen LogP contribution >= 0.6 is 0 Å². The first-order valence-electron chi connectivity index (χ1n) is 10.6. The molecule has 1 aromatic heterocycles. The molecule has 3 rings (SSSR count). The van der Waals surface area contributed by atoms with Gasteiger partial charge in [-0.25, -0.2) is 0 Å². The van der Waals surface area contributed by atoms with Crippen LogP contribution in [-0.4, -0.2) is 39.2 Å². The van der Waals surface area contributed by atoms with Crippen molar-refractivity contribution in [2.24, 2.45) is 4.99 Å². The lowest BCUT2D eigenvalue weighted by Gasteiger charge is -2.19. The zero-order valence-electron chi connectivity index (χ0n) is 19.2. The molecule has 0 aliphatic heterocycles. The van der Waals surface area contributed by atoms with E-state index in [1.165, 1.54) is 11.1 Å². The number of methoxy groups -OCH3 is 2. The maximum atomic E-state index is 5.48. The van der Waals surface area contributed by atoms with E-state index in [-0.39, 0.29) is 0 Å². The van der Waals surface area contributed by atoms with Gasteiger partial charge >= 0.3 is 0 Å². The van der Waals surface area contributed by atoms with Crippen LogP contribution in [-0.2, 0) is 26.2 Å². The first-order valence-corrected chi connectivity index (χ1v) is 10.6. The fourth-order valence-electron chi connectivity index (χ4n) is 3.48. The van der Waals surface area contributed by atoms with Crippen molar-refractivity contribution in [2.75, 3.05) is 28.3 Å². The molecular formula is C25H32N4O3. The van der Waals surface area contributed by atoms with Gasteiger partial charge in [0, 0.05) is 38.3 Å². The normalized spacial score (nSPS) is 11.5. The Morgan fingerprint density at radius 1 is 0.906 bits per heavy atom. The van der Waals surface area contributed by atoms with E-state index in [4.69, 9.17) is 13.9 Å². The highest BCUT2D eigenvalue weighted by Gasteiger charge is 2.09. The van der Waals surface area contributed by atoms with E-state index in [0.29, 0.717) is 13.1 Å². The Kier molecular flexibility index (Phi) is 8.57. The van der Waals surface area contributed by atoms with E-state index in [0.717, 1.165) is 41.9 Å². The predicted octanol–water partition coefficient (Wildman–Crippen LogP) is 3.79. The van der Waals surface area contributed by atoms with Crippen molar-refractivity contribution >= 4 is 5.96 Å². The summed E-state index contributed by atoms with van der Waals surface area (Å²) in [6, 6.07) is 18.1. The third-order valence-corrected chi connectivity index (χ3v) is 5.17. The maximum Gasteiger partial charge on any atom is 0.191 e. The molecule has 0 amide bonds. The van der Waals surface area contributed by atoms with Gasteiger partial charge in [-0.1, -0.05) is 24.3 Å². The summed E-state index contributed by atoms with van der Waals surface area (Å²) in [5.74, 6) is 3.22. The molecule has 0 aliphatic carbocycles. The highest BCUT2D eigenvalue weighted by Crippen LogP contribution is 2.24. The van der Waals surface area contributed by atoms with Gasteiger partial charge in [-0.2, -0.15) is 0 Å². The third-order valence-electron chi connectivity index (χ3n) is 5.17. The lowest BCUT2D eigenvalue weighted by molar-refractivity contribution is 0.287. The molecule has 3 aromatic rings. The van der Waals surface area contributed by atoms with Gasteiger partial charge < -0.3 is 24.5 Å². The van der Waals surface area contributed by atoms with Crippen molar-refractivity contribution in [1.29, 1.82) is 0 Å². The molecule has 170 valence electrons. The SMILES string of the molecule is CN=C(NCc1ccccc1CN(C)Cc1ccco1)NCc1ccc(OC)cc1OC. The average molecular weight is 437 g/mol. The van der Waals surface area contributed by atoms with Gasteiger partial charge in [0.05, 0.1) is 27.0 Å². The third kappa shape index (κ3) is 6.52. The molecule has 32 heavy (non-hydrogen) atoms. The lowest BCUT2D eigenvalue weighted by atomic mass is 10.1. The van der Waals surface area contributed by atoms with Crippen LogP contribution in [0.25, 0.3) is 0 Å². The number of rotatable bonds is 10. The van der Waals surface area contributed by atoms with E-state index in [1.54, 1.807) is 27.5 Å². The van der Waals surface area contributed by atoms with Gasteiger partial charge in [0.15, 0.2) is 5.96 Å². The fraction of sp³-hybridized carbons (Fsp3) is 0.320. The summed E-state index contributed by atoms with van der Waals surface area (Å²) in [4.78, 5) is 6.59. The second-order valence-corrected chi connectivity index (χ2v) is 7.48. The highest BCUT2D eigenvalue weighted by molar-refractivity contribution is 5.79. The number of benzene rings is 2. The summed E-state index contributed by atoms with van der Waals surface area (Å²) in [6.07, 6.45) is 1.71. The van der Waals surface area contributed by atoms with Crippen molar-refractivity contribution in [3.63, 3.8) is 0 Å². The molecular weight excluding hydrogens is 404 g/mol. The number of nitrogens with one attached hydrogen (secondary N) is 2.